The number of hydrogen-bond acceptors (Lipinski definition) is 4. The van der Waals surface area contributed by atoms with Gasteiger partial charge in [-0.3, -0.25) is 14.0 Å². The molecule has 2 heterocycles. The van der Waals surface area contributed by atoms with E-state index in [1.807, 2.05) is 0 Å². The van der Waals surface area contributed by atoms with E-state index < -0.39 is 0 Å². The van der Waals surface area contributed by atoms with Gasteiger partial charge >= 0.3 is 0 Å². The quantitative estimate of drug-likeness (QED) is 0.682. The van der Waals surface area contributed by atoms with E-state index in [0.717, 1.165) is 0 Å². The van der Waals surface area contributed by atoms with Gasteiger partial charge in [0.2, 0.25) is 0 Å². The van der Waals surface area contributed by atoms with Crippen LogP contribution in [0.4, 0.5) is 5.82 Å². The van der Waals surface area contributed by atoms with Gasteiger partial charge < -0.3 is 5.73 Å². The van der Waals surface area contributed by atoms with Crippen molar-refractivity contribution in [2.45, 2.75) is 0 Å². The Labute approximate surface area is 80.0 Å². The van der Waals surface area contributed by atoms with Crippen LogP contribution < -0.4 is 5.73 Å². The van der Waals surface area contributed by atoms with Crippen LogP contribution in [0.5, 0.6) is 0 Å². The summed E-state index contributed by atoms with van der Waals surface area (Å²) in [6.45, 7) is 0. The summed E-state index contributed by atoms with van der Waals surface area (Å²) in [6, 6.07) is 1.53. The third-order valence-corrected chi connectivity index (χ3v) is 1.87. The maximum absolute atomic E-state index is 11.7. The number of carbonyl (C=O) groups is 1. The van der Waals surface area contributed by atoms with Gasteiger partial charge in [-0.15, -0.1) is 0 Å². The third-order valence-electron chi connectivity index (χ3n) is 1.87. The van der Waals surface area contributed by atoms with E-state index in [2.05, 4.69) is 10.1 Å². The standard InChI is InChI=1S/C8H9N5O/c1-12-7(9)4-6(11-12)8(14)13-3-2-10-5-13/h2-5H,9H2,1H3. The van der Waals surface area contributed by atoms with Gasteiger partial charge in [-0.05, 0) is 0 Å². The summed E-state index contributed by atoms with van der Waals surface area (Å²) >= 11 is 0. The molecule has 0 radical (unpaired) electrons. The van der Waals surface area contributed by atoms with Gasteiger partial charge in [-0.1, -0.05) is 0 Å². The first-order valence-electron chi connectivity index (χ1n) is 4.00. The second-order valence-electron chi connectivity index (χ2n) is 2.85. The zero-order valence-corrected chi connectivity index (χ0v) is 7.58. The van der Waals surface area contributed by atoms with Gasteiger partial charge in [0.1, 0.15) is 12.1 Å². The Kier molecular flexibility index (Phi) is 1.81. The monoisotopic (exact) mass is 191 g/mol. The maximum atomic E-state index is 11.7. The van der Waals surface area contributed by atoms with Crippen LogP contribution in [-0.2, 0) is 7.05 Å². The Morgan fingerprint density at radius 2 is 2.36 bits per heavy atom. The predicted molar refractivity (Wildman–Crippen MR) is 49.6 cm³/mol. The number of imidazole rings is 1. The summed E-state index contributed by atoms with van der Waals surface area (Å²) in [6.07, 6.45) is 4.52. The molecule has 0 aliphatic heterocycles. The molecule has 6 nitrogen and oxygen atoms in total. The average Bonchev–Trinajstić information content (AvgIpc) is 2.76. The zero-order valence-electron chi connectivity index (χ0n) is 7.58. The van der Waals surface area contributed by atoms with E-state index in [0.29, 0.717) is 11.5 Å². The van der Waals surface area contributed by atoms with Crippen molar-refractivity contribution in [3.8, 4) is 0 Å². The number of nitrogens with zero attached hydrogens (tertiary/aromatic N) is 4. The number of nitrogens with two attached hydrogens (primary N) is 1. The number of rotatable bonds is 1. The molecule has 0 aliphatic rings. The lowest BCUT2D eigenvalue weighted by Gasteiger charge is -1.94. The minimum Gasteiger partial charge on any atom is -0.384 e. The molecule has 0 unspecified atom stereocenters. The average molecular weight is 191 g/mol. The fourth-order valence-corrected chi connectivity index (χ4v) is 1.10. The number of carbonyl (C=O) groups excluding carboxylic acids is 1. The number of anilines is 1. The van der Waals surface area contributed by atoms with Crippen molar-refractivity contribution in [2.75, 3.05) is 5.73 Å². The third kappa shape index (κ3) is 1.26. The van der Waals surface area contributed by atoms with Crippen LogP contribution in [-0.4, -0.2) is 25.2 Å². The van der Waals surface area contributed by atoms with Gasteiger partial charge in [0.15, 0.2) is 5.69 Å². The molecule has 0 fully saturated rings. The van der Waals surface area contributed by atoms with Crippen molar-refractivity contribution in [1.82, 2.24) is 19.3 Å². The molecule has 2 aromatic rings. The summed E-state index contributed by atoms with van der Waals surface area (Å²) in [4.78, 5) is 15.4. The van der Waals surface area contributed by atoms with Gasteiger partial charge in [0.25, 0.3) is 5.91 Å². The van der Waals surface area contributed by atoms with Crippen molar-refractivity contribution in [3.63, 3.8) is 0 Å². The molecule has 72 valence electrons. The normalized spacial score (nSPS) is 10.4. The van der Waals surface area contributed by atoms with Crippen molar-refractivity contribution >= 4 is 11.7 Å². The SMILES string of the molecule is Cn1nc(C(=O)n2ccnc2)cc1N. The Hall–Kier alpha value is -2.11. The van der Waals surface area contributed by atoms with E-state index in [4.69, 9.17) is 5.73 Å². The van der Waals surface area contributed by atoms with E-state index in [1.54, 1.807) is 13.2 Å². The summed E-state index contributed by atoms with van der Waals surface area (Å²) in [7, 11) is 1.68. The molecule has 0 aromatic carbocycles. The Bertz CT molecular complexity index is 437. The number of nitrogen functional groups attached to an aromatic ring is 1. The number of aryl methyl sites for hydroxylation is 1. The summed E-state index contributed by atoms with van der Waals surface area (Å²) < 4.78 is 2.80. The van der Waals surface area contributed by atoms with Crippen LogP contribution in [0.3, 0.4) is 0 Å². The molecule has 6 heteroatoms. The van der Waals surface area contributed by atoms with Crippen molar-refractivity contribution in [3.05, 3.63) is 30.5 Å². The fraction of sp³-hybridized carbons (Fsp3) is 0.125. The first kappa shape index (κ1) is 8.49. The topological polar surface area (TPSA) is 78.7 Å². The highest BCUT2D eigenvalue weighted by Gasteiger charge is 2.12. The minimum atomic E-state index is -0.241. The first-order valence-corrected chi connectivity index (χ1v) is 4.00. The number of aromatic nitrogens is 4. The molecule has 0 saturated carbocycles. The van der Waals surface area contributed by atoms with Crippen LogP contribution in [0, 0.1) is 0 Å². The summed E-state index contributed by atoms with van der Waals surface area (Å²) in [5.74, 6) is 0.211. The highest BCUT2D eigenvalue weighted by Crippen LogP contribution is 2.05. The molecule has 0 aliphatic carbocycles. The van der Waals surface area contributed by atoms with Gasteiger partial charge in [-0.25, -0.2) is 4.98 Å². The fourth-order valence-electron chi connectivity index (χ4n) is 1.10. The molecule has 14 heavy (non-hydrogen) atoms. The van der Waals surface area contributed by atoms with Gasteiger partial charge in [0.05, 0.1) is 0 Å². The highest BCUT2D eigenvalue weighted by molar-refractivity contribution is 5.94. The van der Waals surface area contributed by atoms with Gasteiger partial charge in [-0.2, -0.15) is 5.10 Å². The van der Waals surface area contributed by atoms with E-state index in [-0.39, 0.29) is 5.91 Å². The van der Waals surface area contributed by atoms with E-state index in [1.165, 1.54) is 27.8 Å². The number of hydrogen-bond donors (Lipinski definition) is 1. The van der Waals surface area contributed by atoms with Crippen LogP contribution in [0.2, 0.25) is 0 Å². The summed E-state index contributed by atoms with van der Waals surface area (Å²) in [5.41, 5.74) is 5.86. The van der Waals surface area contributed by atoms with Crippen molar-refractivity contribution in [1.29, 1.82) is 0 Å². The van der Waals surface area contributed by atoms with Crippen LogP contribution in [0.1, 0.15) is 10.5 Å². The molecule has 2 N–H and O–H groups in total. The molecular formula is C8H9N5O. The van der Waals surface area contributed by atoms with Gasteiger partial charge in [0, 0.05) is 25.5 Å². The molecule has 0 bridgehead atoms. The lowest BCUT2D eigenvalue weighted by molar-refractivity contribution is 0.0954. The summed E-state index contributed by atoms with van der Waals surface area (Å²) in [5, 5.41) is 3.96. The molecule has 0 saturated heterocycles. The predicted octanol–water partition coefficient (Wildman–Crippen LogP) is -0.113. The van der Waals surface area contributed by atoms with E-state index in [9.17, 15) is 4.79 Å². The van der Waals surface area contributed by atoms with Crippen molar-refractivity contribution in [2.24, 2.45) is 7.05 Å². The lowest BCUT2D eigenvalue weighted by atomic mass is 10.4. The molecule has 2 rings (SSSR count). The smallest absolute Gasteiger partial charge is 0.283 e. The first-order chi connectivity index (χ1) is 6.68. The van der Waals surface area contributed by atoms with E-state index >= 15 is 0 Å². The Morgan fingerprint density at radius 1 is 1.57 bits per heavy atom. The van der Waals surface area contributed by atoms with Crippen LogP contribution in [0.25, 0.3) is 0 Å². The Morgan fingerprint density at radius 3 is 2.86 bits per heavy atom. The molecule has 0 spiro atoms. The molecular weight excluding hydrogens is 182 g/mol. The minimum absolute atomic E-state index is 0.241. The van der Waals surface area contributed by atoms with Crippen molar-refractivity contribution < 1.29 is 4.79 Å². The zero-order chi connectivity index (χ0) is 10.1. The second kappa shape index (κ2) is 2.99. The highest BCUT2D eigenvalue weighted by atomic mass is 16.2. The molecule has 0 atom stereocenters. The Balaban J connectivity index is 2.37. The maximum Gasteiger partial charge on any atom is 0.283 e. The lowest BCUT2D eigenvalue weighted by Crippen LogP contribution is -2.10. The van der Waals surface area contributed by atoms with Crippen LogP contribution in [0.15, 0.2) is 24.8 Å². The molecule has 2 aromatic heterocycles. The molecule has 0 amide bonds. The largest absolute Gasteiger partial charge is 0.384 e. The second-order valence-corrected chi connectivity index (χ2v) is 2.85. The van der Waals surface area contributed by atoms with Crippen LogP contribution >= 0.6 is 0 Å².